The molecule has 0 aliphatic carbocycles. The zero-order valence-corrected chi connectivity index (χ0v) is 18.7. The molecule has 0 unspecified atom stereocenters. The number of rotatable bonds is 1. The minimum Gasteiger partial charge on any atom is -0.491 e. The zero-order valence-electron chi connectivity index (χ0n) is 18.7. The predicted octanol–water partition coefficient (Wildman–Crippen LogP) is 4.30. The van der Waals surface area contributed by atoms with Crippen LogP contribution in [0.5, 0.6) is 5.75 Å². The van der Waals surface area contributed by atoms with Gasteiger partial charge in [-0.15, -0.1) is 0 Å². The van der Waals surface area contributed by atoms with Crippen molar-refractivity contribution in [1.29, 1.82) is 0 Å². The summed E-state index contributed by atoms with van der Waals surface area (Å²) >= 11 is 0. The number of aromatic amines is 1. The van der Waals surface area contributed by atoms with E-state index in [0.717, 1.165) is 33.4 Å². The van der Waals surface area contributed by atoms with Gasteiger partial charge in [0.1, 0.15) is 23.9 Å². The highest BCUT2D eigenvalue weighted by Gasteiger charge is 2.23. The zero-order chi connectivity index (χ0) is 23.1. The second-order valence-electron chi connectivity index (χ2n) is 8.10. The van der Waals surface area contributed by atoms with Crippen molar-refractivity contribution < 1.29 is 13.9 Å². The Labute approximate surface area is 190 Å². The fourth-order valence-corrected chi connectivity index (χ4v) is 4.21. The lowest BCUT2D eigenvalue weighted by atomic mass is 10.0. The molecule has 1 aliphatic heterocycles. The highest BCUT2D eigenvalue weighted by atomic mass is 19.1. The third-order valence-electron chi connectivity index (χ3n) is 5.98. The van der Waals surface area contributed by atoms with Gasteiger partial charge < -0.3 is 9.64 Å². The number of H-pyrrole nitrogens is 1. The summed E-state index contributed by atoms with van der Waals surface area (Å²) in [4.78, 5) is 14.9. The van der Waals surface area contributed by atoms with Gasteiger partial charge in [0.15, 0.2) is 0 Å². The Balaban J connectivity index is 1.72. The van der Waals surface area contributed by atoms with Gasteiger partial charge in [-0.3, -0.25) is 14.6 Å². The molecule has 3 heterocycles. The van der Waals surface area contributed by atoms with E-state index >= 15 is 0 Å². The average molecular weight is 445 g/mol. The number of nitrogens with zero attached hydrogens (tertiary/aromatic N) is 4. The Bertz CT molecular complexity index is 1400. The topological polar surface area (TPSA) is 76.0 Å². The van der Waals surface area contributed by atoms with Crippen LogP contribution in [0.1, 0.15) is 34.4 Å². The van der Waals surface area contributed by atoms with Crippen molar-refractivity contribution in [2.24, 2.45) is 7.05 Å². The van der Waals surface area contributed by atoms with Crippen LogP contribution < -0.4 is 4.74 Å². The van der Waals surface area contributed by atoms with Crippen molar-refractivity contribution in [2.45, 2.75) is 13.3 Å². The van der Waals surface area contributed by atoms with Gasteiger partial charge in [-0.25, -0.2) is 4.39 Å². The number of likely N-dealkylation sites (N-methyl/N-ethyl adjacent to an activating group) is 1. The van der Waals surface area contributed by atoms with Crippen LogP contribution in [-0.4, -0.2) is 51.0 Å². The normalized spacial score (nSPS) is 15.0. The van der Waals surface area contributed by atoms with Crippen molar-refractivity contribution in [2.75, 3.05) is 20.2 Å². The maximum atomic E-state index is 14.1. The van der Waals surface area contributed by atoms with E-state index in [2.05, 4.69) is 15.3 Å². The highest BCUT2D eigenvalue weighted by Crippen LogP contribution is 2.34. The maximum absolute atomic E-state index is 14.1. The molecule has 0 saturated heterocycles. The number of amides is 1. The van der Waals surface area contributed by atoms with Crippen LogP contribution in [0.4, 0.5) is 4.39 Å². The summed E-state index contributed by atoms with van der Waals surface area (Å²) in [6.45, 7) is 2.65. The number of hydrogen-bond acceptors (Lipinski definition) is 4. The molecule has 2 bridgehead atoms. The van der Waals surface area contributed by atoms with Crippen LogP contribution in [0, 0.1) is 5.82 Å². The van der Waals surface area contributed by atoms with E-state index in [0.29, 0.717) is 30.0 Å². The van der Waals surface area contributed by atoms with Crippen molar-refractivity contribution in [3.8, 4) is 16.9 Å². The Kier molecular flexibility index (Phi) is 5.20. The third-order valence-corrected chi connectivity index (χ3v) is 5.98. The van der Waals surface area contributed by atoms with E-state index in [1.165, 1.54) is 12.1 Å². The molecule has 168 valence electrons. The largest absolute Gasteiger partial charge is 0.491 e. The first-order valence-corrected chi connectivity index (χ1v) is 10.9. The van der Waals surface area contributed by atoms with E-state index in [1.807, 2.05) is 37.3 Å². The molecule has 4 aromatic rings. The van der Waals surface area contributed by atoms with Gasteiger partial charge in [0, 0.05) is 30.6 Å². The van der Waals surface area contributed by atoms with Gasteiger partial charge in [0.25, 0.3) is 5.91 Å². The van der Waals surface area contributed by atoms with E-state index in [-0.39, 0.29) is 18.3 Å². The first-order chi connectivity index (χ1) is 16.0. The van der Waals surface area contributed by atoms with Crippen molar-refractivity contribution in [3.63, 3.8) is 0 Å². The molecule has 0 spiro atoms. The molecule has 33 heavy (non-hydrogen) atoms. The van der Waals surface area contributed by atoms with Crippen LogP contribution >= 0.6 is 0 Å². The molecule has 0 atom stereocenters. The molecule has 8 heteroatoms. The van der Waals surface area contributed by atoms with Crippen LogP contribution in [0.3, 0.4) is 0 Å². The summed E-state index contributed by atoms with van der Waals surface area (Å²) in [5.74, 6) is 0.0732. The molecule has 2 aromatic carbocycles. The van der Waals surface area contributed by atoms with E-state index in [1.54, 1.807) is 29.7 Å². The van der Waals surface area contributed by atoms with E-state index in [9.17, 15) is 9.18 Å². The summed E-state index contributed by atoms with van der Waals surface area (Å²) in [6.07, 6.45) is 4.52. The SMILES string of the molecule is CCc1nn(C)c2c1/C=C/c1[nH]nc3ccc(cc13)-c1cc(F)ccc1OCCN(C)C2=O. The van der Waals surface area contributed by atoms with Gasteiger partial charge in [0.2, 0.25) is 0 Å². The number of ether oxygens (including phenoxy) is 1. The number of aryl methyl sites for hydroxylation is 2. The number of carbonyl (C=O) groups excluding carboxylic acids is 1. The lowest BCUT2D eigenvalue weighted by molar-refractivity contribution is 0.0763. The Morgan fingerprint density at radius 1 is 1.15 bits per heavy atom. The van der Waals surface area contributed by atoms with Gasteiger partial charge in [-0.05, 0) is 54.5 Å². The summed E-state index contributed by atoms with van der Waals surface area (Å²) in [5.41, 5.74) is 5.21. The highest BCUT2D eigenvalue weighted by molar-refractivity contribution is 5.99. The Hall–Kier alpha value is -3.94. The summed E-state index contributed by atoms with van der Waals surface area (Å²) in [5, 5.41) is 12.9. The smallest absolute Gasteiger partial charge is 0.272 e. The van der Waals surface area contributed by atoms with E-state index < -0.39 is 0 Å². The lowest BCUT2D eigenvalue weighted by Gasteiger charge is -2.19. The van der Waals surface area contributed by atoms with Crippen LogP contribution in [0.2, 0.25) is 0 Å². The van der Waals surface area contributed by atoms with Crippen LogP contribution in [0.25, 0.3) is 34.2 Å². The molecule has 7 nitrogen and oxygen atoms in total. The fraction of sp³-hybridized carbons (Fsp3) is 0.240. The molecule has 5 rings (SSSR count). The first-order valence-electron chi connectivity index (χ1n) is 10.9. The summed E-state index contributed by atoms with van der Waals surface area (Å²) < 4.78 is 21.8. The number of aromatic nitrogens is 4. The quantitative estimate of drug-likeness (QED) is 0.474. The summed E-state index contributed by atoms with van der Waals surface area (Å²) in [7, 11) is 3.52. The third kappa shape index (κ3) is 3.67. The maximum Gasteiger partial charge on any atom is 0.272 e. The van der Waals surface area contributed by atoms with Crippen molar-refractivity contribution in [1.82, 2.24) is 24.9 Å². The predicted molar refractivity (Wildman–Crippen MR) is 125 cm³/mol. The molecule has 0 saturated carbocycles. The Morgan fingerprint density at radius 2 is 2.00 bits per heavy atom. The number of benzene rings is 2. The molecule has 0 fully saturated rings. The molecule has 0 radical (unpaired) electrons. The number of fused-ring (bicyclic) bond motifs is 4. The minimum absolute atomic E-state index is 0.141. The average Bonchev–Trinajstić information content (AvgIpc) is 3.36. The van der Waals surface area contributed by atoms with Gasteiger partial charge in [0.05, 0.1) is 23.4 Å². The second-order valence-corrected chi connectivity index (χ2v) is 8.10. The second kappa shape index (κ2) is 8.20. The number of carbonyl (C=O) groups is 1. The van der Waals surface area contributed by atoms with Gasteiger partial charge >= 0.3 is 0 Å². The molecule has 1 amide bonds. The number of halogens is 1. The lowest BCUT2D eigenvalue weighted by Crippen LogP contribution is -2.32. The number of hydrogen-bond donors (Lipinski definition) is 1. The molecule has 2 aromatic heterocycles. The Morgan fingerprint density at radius 3 is 2.82 bits per heavy atom. The first kappa shape index (κ1) is 20.9. The van der Waals surface area contributed by atoms with E-state index in [4.69, 9.17) is 4.74 Å². The molecule has 1 N–H and O–H groups in total. The van der Waals surface area contributed by atoms with Crippen molar-refractivity contribution in [3.05, 3.63) is 64.9 Å². The monoisotopic (exact) mass is 445 g/mol. The standard InChI is InChI=1S/C25H24FN5O2/c1-4-20-17-7-9-22-19-13-15(5-8-21(19)27-28-22)18-14-16(26)6-10-23(18)33-12-11-30(2)25(32)24(17)31(3)29-20/h5-10,13-14H,4,11-12H2,1-3H3,(H,27,28)/b9-7+. The van der Waals surface area contributed by atoms with Gasteiger partial charge in [-0.1, -0.05) is 13.0 Å². The molecular formula is C25H24FN5O2. The van der Waals surface area contributed by atoms with Gasteiger partial charge in [-0.2, -0.15) is 10.2 Å². The van der Waals surface area contributed by atoms with Crippen LogP contribution in [-0.2, 0) is 13.5 Å². The molecular weight excluding hydrogens is 421 g/mol. The van der Waals surface area contributed by atoms with Crippen LogP contribution in [0.15, 0.2) is 36.4 Å². The van der Waals surface area contributed by atoms with Crippen molar-refractivity contribution >= 4 is 29.0 Å². The fourth-order valence-electron chi connectivity index (χ4n) is 4.21. The molecule has 1 aliphatic rings. The number of nitrogens with one attached hydrogen (secondary N) is 1. The minimum atomic E-state index is -0.343. The summed E-state index contributed by atoms with van der Waals surface area (Å²) in [6, 6.07) is 10.2.